The predicted molar refractivity (Wildman–Crippen MR) is 111 cm³/mol. The van der Waals surface area contributed by atoms with E-state index in [0.717, 1.165) is 22.7 Å². The number of sulfonamides is 1. The minimum absolute atomic E-state index is 0.0303. The lowest BCUT2D eigenvalue weighted by Gasteiger charge is -2.05. The van der Waals surface area contributed by atoms with Crippen LogP contribution in [0.2, 0.25) is 5.02 Å². The second-order valence-corrected chi connectivity index (χ2v) is 8.95. The van der Waals surface area contributed by atoms with Gasteiger partial charge in [-0.1, -0.05) is 23.4 Å². The average Bonchev–Trinajstić information content (AvgIpc) is 3.03. The number of hydrogen-bond acceptors (Lipinski definition) is 7. The van der Waals surface area contributed by atoms with Crippen molar-refractivity contribution < 1.29 is 13.2 Å². The van der Waals surface area contributed by atoms with Gasteiger partial charge in [-0.05, 0) is 42.5 Å². The van der Waals surface area contributed by atoms with E-state index < -0.39 is 10.0 Å². The van der Waals surface area contributed by atoms with Crippen molar-refractivity contribution in [3.8, 4) is 0 Å². The van der Waals surface area contributed by atoms with E-state index >= 15 is 0 Å². The molecule has 0 bridgehead atoms. The number of hydrogen-bond donors (Lipinski definition) is 3. The molecule has 0 saturated heterocycles. The summed E-state index contributed by atoms with van der Waals surface area (Å²) in [6, 6.07) is 10.9. The molecule has 0 aliphatic carbocycles. The van der Waals surface area contributed by atoms with Crippen LogP contribution in [0.3, 0.4) is 0 Å². The van der Waals surface area contributed by atoms with Gasteiger partial charge in [0, 0.05) is 21.6 Å². The highest BCUT2D eigenvalue weighted by Crippen LogP contribution is 2.26. The Kier molecular flexibility index (Phi) is 5.13. The summed E-state index contributed by atoms with van der Waals surface area (Å²) < 4.78 is 22.5. The molecule has 0 spiro atoms. The van der Waals surface area contributed by atoms with Crippen molar-refractivity contribution in [3.63, 3.8) is 0 Å². The summed E-state index contributed by atoms with van der Waals surface area (Å²) in [5, 5.41) is 17.7. The molecular weight excluding hydrogens is 436 g/mol. The van der Waals surface area contributed by atoms with Gasteiger partial charge in [0.05, 0.1) is 10.6 Å². The third-order valence-corrected chi connectivity index (χ3v) is 5.96. The number of aromatic amines is 1. The van der Waals surface area contributed by atoms with Crippen LogP contribution in [0, 0.1) is 0 Å². The fraction of sp³-hybridized carbons (Fsp3) is 0.0588. The molecule has 0 unspecified atom stereocenters. The molecule has 4 aromatic rings. The van der Waals surface area contributed by atoms with Crippen LogP contribution in [0.1, 0.15) is 0 Å². The SMILES string of the molecule is NS(=O)(=O)c1ccc(NC(=O)CSc2nnc3c(n2)[nH]c2ccc(Cl)cc23)cc1. The molecule has 0 atom stereocenters. The number of halogens is 1. The number of fused-ring (bicyclic) bond motifs is 3. The summed E-state index contributed by atoms with van der Waals surface area (Å²) >= 11 is 7.15. The van der Waals surface area contributed by atoms with Crippen molar-refractivity contribution >= 4 is 67.0 Å². The van der Waals surface area contributed by atoms with E-state index in [-0.39, 0.29) is 16.6 Å². The van der Waals surface area contributed by atoms with Gasteiger partial charge in [0.15, 0.2) is 5.65 Å². The van der Waals surface area contributed by atoms with Crippen LogP contribution in [0.4, 0.5) is 5.69 Å². The Labute approximate surface area is 174 Å². The highest BCUT2D eigenvalue weighted by Gasteiger charge is 2.12. The van der Waals surface area contributed by atoms with Crippen LogP contribution in [0.25, 0.3) is 22.1 Å². The zero-order valence-corrected chi connectivity index (χ0v) is 17.0. The second-order valence-electron chi connectivity index (χ2n) is 6.01. The first kappa shape index (κ1) is 19.6. The summed E-state index contributed by atoms with van der Waals surface area (Å²) in [6.07, 6.45) is 0. The van der Waals surface area contributed by atoms with Gasteiger partial charge in [-0.15, -0.1) is 10.2 Å². The summed E-state index contributed by atoms with van der Waals surface area (Å²) in [7, 11) is -3.78. The summed E-state index contributed by atoms with van der Waals surface area (Å²) in [4.78, 5) is 19.6. The van der Waals surface area contributed by atoms with Gasteiger partial charge in [-0.25, -0.2) is 18.5 Å². The lowest BCUT2D eigenvalue weighted by Crippen LogP contribution is -2.15. The largest absolute Gasteiger partial charge is 0.338 e. The van der Waals surface area contributed by atoms with Crippen molar-refractivity contribution in [3.05, 3.63) is 47.5 Å². The fourth-order valence-corrected chi connectivity index (χ4v) is 3.92. The van der Waals surface area contributed by atoms with Gasteiger partial charge >= 0.3 is 0 Å². The molecule has 0 aliphatic heterocycles. The molecule has 2 heterocycles. The lowest BCUT2D eigenvalue weighted by atomic mass is 10.2. The number of carbonyl (C=O) groups excluding carboxylic acids is 1. The minimum Gasteiger partial charge on any atom is -0.338 e. The molecule has 148 valence electrons. The normalized spacial score (nSPS) is 11.8. The van der Waals surface area contributed by atoms with E-state index in [1.54, 1.807) is 12.1 Å². The van der Waals surface area contributed by atoms with Crippen molar-refractivity contribution in [2.45, 2.75) is 10.1 Å². The first-order valence-corrected chi connectivity index (χ1v) is 11.1. The van der Waals surface area contributed by atoms with Crippen LogP contribution in [0.15, 0.2) is 52.5 Å². The number of nitrogens with one attached hydrogen (secondary N) is 2. The van der Waals surface area contributed by atoms with E-state index in [1.807, 2.05) is 6.07 Å². The number of aromatic nitrogens is 4. The Balaban J connectivity index is 1.43. The van der Waals surface area contributed by atoms with Gasteiger partial charge in [0.25, 0.3) is 0 Å². The molecular formula is C17H13ClN6O3S2. The Bertz CT molecular complexity index is 1340. The number of benzene rings is 2. The molecule has 0 aliphatic rings. The fourth-order valence-electron chi connectivity index (χ4n) is 2.64. The van der Waals surface area contributed by atoms with Crippen LogP contribution in [-0.2, 0) is 14.8 Å². The van der Waals surface area contributed by atoms with E-state index in [2.05, 4.69) is 25.5 Å². The number of nitrogens with two attached hydrogens (primary N) is 1. The molecule has 0 radical (unpaired) electrons. The van der Waals surface area contributed by atoms with Crippen molar-refractivity contribution in [1.29, 1.82) is 0 Å². The van der Waals surface area contributed by atoms with Crippen molar-refractivity contribution in [2.24, 2.45) is 5.14 Å². The summed E-state index contributed by atoms with van der Waals surface area (Å²) in [6.45, 7) is 0. The minimum atomic E-state index is -3.78. The van der Waals surface area contributed by atoms with Crippen LogP contribution in [0.5, 0.6) is 0 Å². The number of primary sulfonamides is 1. The number of anilines is 1. The summed E-state index contributed by atoms with van der Waals surface area (Å²) in [5.41, 5.74) is 2.45. The van der Waals surface area contributed by atoms with E-state index in [1.165, 1.54) is 24.3 Å². The molecule has 1 amide bonds. The van der Waals surface area contributed by atoms with Gasteiger partial charge in [0.2, 0.25) is 21.1 Å². The average molecular weight is 449 g/mol. The molecule has 2 aromatic carbocycles. The topological polar surface area (TPSA) is 144 Å². The van der Waals surface area contributed by atoms with Crippen LogP contribution >= 0.6 is 23.4 Å². The smallest absolute Gasteiger partial charge is 0.238 e. The first-order chi connectivity index (χ1) is 13.8. The van der Waals surface area contributed by atoms with Crippen LogP contribution < -0.4 is 10.5 Å². The molecule has 29 heavy (non-hydrogen) atoms. The Hall–Kier alpha value is -2.73. The maximum atomic E-state index is 12.1. The first-order valence-electron chi connectivity index (χ1n) is 8.17. The quantitative estimate of drug-likeness (QED) is 0.398. The predicted octanol–water partition coefficient (Wildman–Crippen LogP) is 2.54. The van der Waals surface area contributed by atoms with Crippen LogP contribution in [-0.4, -0.2) is 40.2 Å². The van der Waals surface area contributed by atoms with Crippen molar-refractivity contribution in [2.75, 3.05) is 11.1 Å². The zero-order valence-electron chi connectivity index (χ0n) is 14.6. The third kappa shape index (κ3) is 4.32. The standard InChI is InChI=1S/C17H13ClN6O3S2/c18-9-1-6-13-12(7-9)15-16(21-13)22-17(24-23-15)28-8-14(25)20-10-2-4-11(5-3-10)29(19,26)27/h1-7H,8H2,(H,20,25)(H2,19,26,27)(H,21,22,24). The maximum absolute atomic E-state index is 12.1. The monoisotopic (exact) mass is 448 g/mol. The third-order valence-electron chi connectivity index (χ3n) is 3.96. The molecule has 0 fully saturated rings. The molecule has 12 heteroatoms. The zero-order chi connectivity index (χ0) is 20.6. The van der Waals surface area contributed by atoms with E-state index in [0.29, 0.717) is 27.0 Å². The van der Waals surface area contributed by atoms with E-state index in [4.69, 9.17) is 16.7 Å². The maximum Gasteiger partial charge on any atom is 0.238 e. The molecule has 9 nitrogen and oxygen atoms in total. The van der Waals surface area contributed by atoms with E-state index in [9.17, 15) is 13.2 Å². The highest BCUT2D eigenvalue weighted by molar-refractivity contribution is 7.99. The number of carbonyl (C=O) groups is 1. The summed E-state index contributed by atoms with van der Waals surface area (Å²) in [5.74, 6) is -0.249. The number of nitrogens with zero attached hydrogens (tertiary/aromatic N) is 3. The van der Waals surface area contributed by atoms with Crippen molar-refractivity contribution in [1.82, 2.24) is 20.2 Å². The lowest BCUT2D eigenvalue weighted by molar-refractivity contribution is -0.113. The van der Waals surface area contributed by atoms with Gasteiger partial charge in [-0.2, -0.15) is 0 Å². The highest BCUT2D eigenvalue weighted by atomic mass is 35.5. The molecule has 2 aromatic heterocycles. The molecule has 0 saturated carbocycles. The number of thioether (sulfide) groups is 1. The van der Waals surface area contributed by atoms with Gasteiger partial charge in [-0.3, -0.25) is 4.79 Å². The van der Waals surface area contributed by atoms with Gasteiger partial charge in [0.1, 0.15) is 5.52 Å². The number of amides is 1. The molecule has 4 N–H and O–H groups in total. The Morgan fingerprint density at radius 3 is 2.66 bits per heavy atom. The number of H-pyrrole nitrogens is 1. The molecule has 4 rings (SSSR count). The Morgan fingerprint density at radius 2 is 1.93 bits per heavy atom. The Morgan fingerprint density at radius 1 is 1.17 bits per heavy atom. The second kappa shape index (κ2) is 7.59. The number of rotatable bonds is 5. The van der Waals surface area contributed by atoms with Gasteiger partial charge < -0.3 is 10.3 Å².